The van der Waals surface area contributed by atoms with Crippen LogP contribution in [-0.2, 0) is 4.79 Å². The second-order valence-corrected chi connectivity index (χ2v) is 5.03. The Morgan fingerprint density at radius 1 is 1.73 bits per heavy atom. The Morgan fingerprint density at radius 2 is 2.60 bits per heavy atom. The average Bonchev–Trinajstić information content (AvgIpc) is 2.71. The van der Waals surface area contributed by atoms with Gasteiger partial charge in [0.25, 0.3) is 0 Å². The van der Waals surface area contributed by atoms with Crippen LogP contribution in [0.4, 0.5) is 5.13 Å². The second-order valence-electron chi connectivity index (χ2n) is 4.13. The van der Waals surface area contributed by atoms with Crippen molar-refractivity contribution in [2.75, 3.05) is 18.4 Å². The summed E-state index contributed by atoms with van der Waals surface area (Å²) in [5.41, 5.74) is -0.288. The normalized spacial score (nSPS) is 26.2. The van der Waals surface area contributed by atoms with E-state index >= 15 is 0 Å². The summed E-state index contributed by atoms with van der Waals surface area (Å²) < 4.78 is 0. The molecule has 1 amide bonds. The number of rotatable bonds is 2. The molecule has 1 fully saturated rings. The van der Waals surface area contributed by atoms with E-state index in [9.17, 15) is 4.79 Å². The Bertz CT molecular complexity index is 330. The molecule has 1 saturated heterocycles. The molecule has 1 aliphatic heterocycles. The minimum atomic E-state index is -0.288. The predicted molar refractivity (Wildman–Crippen MR) is 61.0 cm³/mol. The lowest BCUT2D eigenvalue weighted by Crippen LogP contribution is -2.46. The Labute approximate surface area is 93.1 Å². The maximum absolute atomic E-state index is 12.0. The first-order valence-electron chi connectivity index (χ1n) is 5.12. The number of carbonyl (C=O) groups is 1. The number of thiazole rings is 1. The SMILES string of the molecule is CC1(C(=O)Nc2nccs2)CCCNC1. The van der Waals surface area contributed by atoms with E-state index in [2.05, 4.69) is 15.6 Å². The molecule has 1 unspecified atom stereocenters. The van der Waals surface area contributed by atoms with Gasteiger partial charge >= 0.3 is 0 Å². The number of hydrogen-bond donors (Lipinski definition) is 2. The van der Waals surface area contributed by atoms with Crippen LogP contribution in [0.15, 0.2) is 11.6 Å². The zero-order valence-electron chi connectivity index (χ0n) is 8.75. The molecule has 1 atom stereocenters. The van der Waals surface area contributed by atoms with Gasteiger partial charge < -0.3 is 10.6 Å². The lowest BCUT2D eigenvalue weighted by molar-refractivity contribution is -0.125. The number of nitrogens with one attached hydrogen (secondary N) is 2. The molecule has 0 aromatic carbocycles. The van der Waals surface area contributed by atoms with Crippen LogP contribution in [0.1, 0.15) is 19.8 Å². The monoisotopic (exact) mass is 225 g/mol. The van der Waals surface area contributed by atoms with Crippen molar-refractivity contribution >= 4 is 22.4 Å². The quantitative estimate of drug-likeness (QED) is 0.801. The molecule has 0 bridgehead atoms. The number of amides is 1. The lowest BCUT2D eigenvalue weighted by Gasteiger charge is -2.32. The minimum absolute atomic E-state index is 0.0738. The van der Waals surface area contributed by atoms with E-state index in [-0.39, 0.29) is 11.3 Å². The Kier molecular flexibility index (Phi) is 3.02. The van der Waals surface area contributed by atoms with Gasteiger partial charge in [-0.15, -0.1) is 11.3 Å². The van der Waals surface area contributed by atoms with Gasteiger partial charge in [0.1, 0.15) is 0 Å². The van der Waals surface area contributed by atoms with Gasteiger partial charge in [0.05, 0.1) is 5.41 Å². The van der Waals surface area contributed by atoms with Crippen LogP contribution in [0, 0.1) is 5.41 Å². The van der Waals surface area contributed by atoms with E-state index in [4.69, 9.17) is 0 Å². The van der Waals surface area contributed by atoms with Gasteiger partial charge in [-0.3, -0.25) is 4.79 Å². The Balaban J connectivity index is 2.00. The molecule has 1 aromatic heterocycles. The first-order valence-corrected chi connectivity index (χ1v) is 6.00. The van der Waals surface area contributed by atoms with E-state index in [1.807, 2.05) is 12.3 Å². The van der Waals surface area contributed by atoms with E-state index in [0.717, 1.165) is 25.9 Å². The number of aromatic nitrogens is 1. The molecule has 2 rings (SSSR count). The number of carbonyl (C=O) groups excluding carboxylic acids is 1. The topological polar surface area (TPSA) is 54.0 Å². The summed E-state index contributed by atoms with van der Waals surface area (Å²) in [6.45, 7) is 3.77. The average molecular weight is 225 g/mol. The third kappa shape index (κ3) is 2.35. The summed E-state index contributed by atoms with van der Waals surface area (Å²) in [5, 5.41) is 8.66. The largest absolute Gasteiger partial charge is 0.316 e. The van der Waals surface area contributed by atoms with Crippen LogP contribution >= 0.6 is 11.3 Å². The van der Waals surface area contributed by atoms with Crippen molar-refractivity contribution in [3.63, 3.8) is 0 Å². The molecule has 82 valence electrons. The summed E-state index contributed by atoms with van der Waals surface area (Å²) in [5.74, 6) is 0.0738. The molecule has 1 aliphatic rings. The summed E-state index contributed by atoms with van der Waals surface area (Å²) >= 11 is 1.45. The second kappa shape index (κ2) is 4.28. The van der Waals surface area contributed by atoms with Gasteiger partial charge in [0.2, 0.25) is 5.91 Å². The van der Waals surface area contributed by atoms with Crippen molar-refractivity contribution in [1.29, 1.82) is 0 Å². The fourth-order valence-corrected chi connectivity index (χ4v) is 2.31. The van der Waals surface area contributed by atoms with Crippen molar-refractivity contribution in [3.8, 4) is 0 Å². The molecule has 0 radical (unpaired) electrons. The van der Waals surface area contributed by atoms with Gasteiger partial charge in [-0.25, -0.2) is 4.98 Å². The van der Waals surface area contributed by atoms with E-state index in [1.54, 1.807) is 6.20 Å². The third-order valence-corrected chi connectivity index (χ3v) is 3.49. The molecule has 15 heavy (non-hydrogen) atoms. The van der Waals surface area contributed by atoms with Crippen LogP contribution in [0.2, 0.25) is 0 Å². The summed E-state index contributed by atoms with van der Waals surface area (Å²) in [4.78, 5) is 16.1. The maximum atomic E-state index is 12.0. The summed E-state index contributed by atoms with van der Waals surface area (Å²) in [7, 11) is 0. The summed E-state index contributed by atoms with van der Waals surface area (Å²) in [6, 6.07) is 0. The van der Waals surface area contributed by atoms with Gasteiger partial charge in [0, 0.05) is 18.1 Å². The minimum Gasteiger partial charge on any atom is -0.316 e. The van der Waals surface area contributed by atoms with Crippen molar-refractivity contribution in [2.24, 2.45) is 5.41 Å². The van der Waals surface area contributed by atoms with Crippen LogP contribution in [-0.4, -0.2) is 24.0 Å². The Hall–Kier alpha value is -0.940. The van der Waals surface area contributed by atoms with Crippen LogP contribution in [0.25, 0.3) is 0 Å². The van der Waals surface area contributed by atoms with Gasteiger partial charge in [-0.05, 0) is 26.3 Å². The summed E-state index contributed by atoms with van der Waals surface area (Å²) in [6.07, 6.45) is 3.70. The molecule has 0 saturated carbocycles. The highest BCUT2D eigenvalue weighted by atomic mass is 32.1. The Morgan fingerprint density at radius 3 is 3.20 bits per heavy atom. The van der Waals surface area contributed by atoms with Gasteiger partial charge in [0.15, 0.2) is 5.13 Å². The number of hydrogen-bond acceptors (Lipinski definition) is 4. The third-order valence-electron chi connectivity index (χ3n) is 2.80. The number of nitrogens with zero attached hydrogens (tertiary/aromatic N) is 1. The first-order chi connectivity index (χ1) is 7.21. The molecular weight excluding hydrogens is 210 g/mol. The van der Waals surface area contributed by atoms with Crippen LogP contribution in [0.5, 0.6) is 0 Å². The highest BCUT2D eigenvalue weighted by Crippen LogP contribution is 2.27. The standard InChI is InChI=1S/C10H15N3OS/c1-10(3-2-4-11-7-10)8(14)13-9-12-5-6-15-9/h5-6,11H,2-4,7H2,1H3,(H,12,13,14). The highest BCUT2D eigenvalue weighted by molar-refractivity contribution is 7.13. The molecule has 1 aromatic rings. The van der Waals surface area contributed by atoms with E-state index < -0.39 is 0 Å². The molecule has 0 spiro atoms. The lowest BCUT2D eigenvalue weighted by atomic mass is 9.82. The van der Waals surface area contributed by atoms with Crippen LogP contribution < -0.4 is 10.6 Å². The van der Waals surface area contributed by atoms with Crippen molar-refractivity contribution in [2.45, 2.75) is 19.8 Å². The van der Waals surface area contributed by atoms with Gasteiger partial charge in [-0.1, -0.05) is 0 Å². The van der Waals surface area contributed by atoms with Crippen molar-refractivity contribution < 1.29 is 4.79 Å². The molecule has 0 aliphatic carbocycles. The number of anilines is 1. The first kappa shape index (κ1) is 10.6. The zero-order chi connectivity index (χ0) is 10.7. The van der Waals surface area contributed by atoms with Crippen molar-refractivity contribution in [1.82, 2.24) is 10.3 Å². The maximum Gasteiger partial charge on any atom is 0.233 e. The van der Waals surface area contributed by atoms with Gasteiger partial charge in [-0.2, -0.15) is 0 Å². The fourth-order valence-electron chi connectivity index (χ4n) is 1.78. The zero-order valence-corrected chi connectivity index (χ0v) is 9.56. The van der Waals surface area contributed by atoms with Crippen molar-refractivity contribution in [3.05, 3.63) is 11.6 Å². The smallest absolute Gasteiger partial charge is 0.233 e. The fraction of sp³-hybridized carbons (Fsp3) is 0.600. The number of piperidine rings is 1. The molecule has 4 nitrogen and oxygen atoms in total. The highest BCUT2D eigenvalue weighted by Gasteiger charge is 2.34. The molecule has 5 heteroatoms. The van der Waals surface area contributed by atoms with Crippen LogP contribution in [0.3, 0.4) is 0 Å². The van der Waals surface area contributed by atoms with E-state index in [0.29, 0.717) is 5.13 Å². The predicted octanol–water partition coefficient (Wildman–Crippen LogP) is 1.47. The molecule has 2 heterocycles. The molecular formula is C10H15N3OS. The van der Waals surface area contributed by atoms with E-state index in [1.165, 1.54) is 11.3 Å². The molecule has 2 N–H and O–H groups in total.